The lowest BCUT2D eigenvalue weighted by Crippen LogP contribution is -2.37. The first kappa shape index (κ1) is 22.9. The van der Waals surface area contributed by atoms with Crippen LogP contribution in [0.25, 0.3) is 10.2 Å². The van der Waals surface area contributed by atoms with Gasteiger partial charge in [-0.1, -0.05) is 11.3 Å². The number of hydrogen-bond acceptors (Lipinski definition) is 7. The van der Waals surface area contributed by atoms with Crippen molar-refractivity contribution in [1.82, 2.24) is 19.7 Å². The fourth-order valence-corrected chi connectivity index (χ4v) is 3.86. The maximum Gasteiger partial charge on any atom is 0.280 e. The number of methoxy groups -OCH3 is 2. The lowest BCUT2D eigenvalue weighted by molar-refractivity contribution is 0.0979. The second-order valence-electron chi connectivity index (χ2n) is 6.46. The van der Waals surface area contributed by atoms with Gasteiger partial charge in [0, 0.05) is 25.8 Å². The first-order valence-corrected chi connectivity index (χ1v) is 9.81. The molecule has 0 saturated carbocycles. The number of amides is 1. The van der Waals surface area contributed by atoms with Crippen LogP contribution in [-0.4, -0.2) is 67.0 Å². The SMILES string of the molecule is CCn1ccc(C(=O)N(CCN(C)C)c2nc3c(OC)ccc(OC)c3s2)n1.Cl. The van der Waals surface area contributed by atoms with Gasteiger partial charge in [-0.15, -0.1) is 12.4 Å². The Morgan fingerprint density at radius 2 is 1.83 bits per heavy atom. The normalized spacial score (nSPS) is 10.8. The summed E-state index contributed by atoms with van der Waals surface area (Å²) in [6.45, 7) is 3.89. The van der Waals surface area contributed by atoms with Crippen molar-refractivity contribution in [2.75, 3.05) is 46.3 Å². The Balaban J connectivity index is 0.00000300. The smallest absolute Gasteiger partial charge is 0.280 e. The number of halogens is 1. The van der Waals surface area contributed by atoms with Crippen molar-refractivity contribution in [2.24, 2.45) is 0 Å². The zero-order valence-electron chi connectivity index (χ0n) is 17.2. The third kappa shape index (κ3) is 4.80. The molecule has 3 rings (SSSR count). The van der Waals surface area contributed by atoms with Crippen molar-refractivity contribution in [3.05, 3.63) is 30.1 Å². The lowest BCUT2D eigenvalue weighted by atomic mass is 10.3. The Bertz CT molecular complexity index is 931. The molecule has 1 amide bonds. The minimum atomic E-state index is -0.175. The Kier molecular flexibility index (Phi) is 7.83. The van der Waals surface area contributed by atoms with E-state index >= 15 is 0 Å². The number of likely N-dealkylation sites (N-methyl/N-ethyl adjacent to an activating group) is 1. The van der Waals surface area contributed by atoms with Crippen LogP contribution in [-0.2, 0) is 6.54 Å². The molecule has 0 aliphatic rings. The fourth-order valence-electron chi connectivity index (χ4n) is 2.76. The van der Waals surface area contributed by atoms with Crippen LogP contribution in [0.4, 0.5) is 5.13 Å². The number of aryl methyl sites for hydroxylation is 1. The number of anilines is 1. The highest BCUT2D eigenvalue weighted by molar-refractivity contribution is 7.22. The maximum absolute atomic E-state index is 13.2. The van der Waals surface area contributed by atoms with Crippen LogP contribution in [0, 0.1) is 0 Å². The molecule has 1 aromatic carbocycles. The molecule has 2 aromatic heterocycles. The Morgan fingerprint density at radius 3 is 2.41 bits per heavy atom. The molecule has 0 saturated heterocycles. The Hall–Kier alpha value is -2.36. The number of carbonyl (C=O) groups excluding carboxylic acids is 1. The topological polar surface area (TPSA) is 72.7 Å². The van der Waals surface area contributed by atoms with Crippen molar-refractivity contribution in [3.8, 4) is 11.5 Å². The number of hydrogen-bond donors (Lipinski definition) is 0. The molecular formula is C19H26ClN5O3S. The van der Waals surface area contributed by atoms with Crippen LogP contribution in [0.5, 0.6) is 11.5 Å². The first-order valence-electron chi connectivity index (χ1n) is 9.00. The van der Waals surface area contributed by atoms with E-state index in [1.807, 2.05) is 44.2 Å². The minimum Gasteiger partial charge on any atom is -0.495 e. The van der Waals surface area contributed by atoms with Crippen molar-refractivity contribution in [2.45, 2.75) is 13.5 Å². The summed E-state index contributed by atoms with van der Waals surface area (Å²) in [5, 5.41) is 4.96. The molecule has 0 atom stereocenters. The van der Waals surface area contributed by atoms with Gasteiger partial charge in [-0.2, -0.15) is 5.10 Å². The Morgan fingerprint density at radius 1 is 1.14 bits per heavy atom. The molecule has 29 heavy (non-hydrogen) atoms. The van der Waals surface area contributed by atoms with Gasteiger partial charge >= 0.3 is 0 Å². The van der Waals surface area contributed by atoms with Gasteiger partial charge in [-0.25, -0.2) is 4.98 Å². The van der Waals surface area contributed by atoms with Crippen LogP contribution in [0.1, 0.15) is 17.4 Å². The number of ether oxygens (including phenoxy) is 2. The van der Waals surface area contributed by atoms with Crippen LogP contribution >= 0.6 is 23.7 Å². The molecule has 3 aromatic rings. The number of rotatable bonds is 8. The van der Waals surface area contributed by atoms with E-state index in [-0.39, 0.29) is 18.3 Å². The molecule has 0 aliphatic heterocycles. The van der Waals surface area contributed by atoms with E-state index in [1.54, 1.807) is 29.9 Å². The van der Waals surface area contributed by atoms with Crippen LogP contribution in [0.2, 0.25) is 0 Å². The summed E-state index contributed by atoms with van der Waals surface area (Å²) < 4.78 is 13.5. The average molecular weight is 440 g/mol. The number of thiazole rings is 1. The van der Waals surface area contributed by atoms with Crippen LogP contribution in [0.15, 0.2) is 24.4 Å². The zero-order chi connectivity index (χ0) is 20.3. The summed E-state index contributed by atoms with van der Waals surface area (Å²) in [4.78, 5) is 21.6. The third-order valence-corrected chi connectivity index (χ3v) is 5.42. The van der Waals surface area contributed by atoms with E-state index in [4.69, 9.17) is 14.5 Å². The largest absolute Gasteiger partial charge is 0.495 e. The van der Waals surface area contributed by atoms with Crippen LogP contribution in [0.3, 0.4) is 0 Å². The summed E-state index contributed by atoms with van der Waals surface area (Å²) >= 11 is 1.41. The second kappa shape index (κ2) is 9.91. The predicted octanol–water partition coefficient (Wildman–Crippen LogP) is 3.16. The highest BCUT2D eigenvalue weighted by Crippen LogP contribution is 2.40. The number of aromatic nitrogens is 3. The molecule has 10 heteroatoms. The molecule has 0 radical (unpaired) electrons. The monoisotopic (exact) mass is 439 g/mol. The van der Waals surface area contributed by atoms with E-state index in [9.17, 15) is 4.79 Å². The van der Waals surface area contributed by atoms with Gasteiger partial charge in [0.1, 0.15) is 21.7 Å². The second-order valence-corrected chi connectivity index (χ2v) is 7.44. The molecule has 0 unspecified atom stereocenters. The maximum atomic E-state index is 13.2. The quantitative estimate of drug-likeness (QED) is 0.536. The molecule has 0 fully saturated rings. The third-order valence-electron chi connectivity index (χ3n) is 4.33. The lowest BCUT2D eigenvalue weighted by Gasteiger charge is -2.21. The van der Waals surface area contributed by atoms with Crippen molar-refractivity contribution < 1.29 is 14.3 Å². The molecule has 2 heterocycles. The van der Waals surface area contributed by atoms with Gasteiger partial charge in [0.25, 0.3) is 5.91 Å². The van der Waals surface area contributed by atoms with E-state index in [2.05, 4.69) is 5.10 Å². The summed E-state index contributed by atoms with van der Waals surface area (Å²) in [6.07, 6.45) is 1.81. The van der Waals surface area contributed by atoms with Crippen molar-refractivity contribution >= 4 is 45.0 Å². The molecule has 0 aliphatic carbocycles. The van der Waals surface area contributed by atoms with Gasteiger partial charge in [-0.3, -0.25) is 14.4 Å². The van der Waals surface area contributed by atoms with Crippen molar-refractivity contribution in [1.29, 1.82) is 0 Å². The first-order chi connectivity index (χ1) is 13.5. The number of carbonyl (C=O) groups is 1. The number of nitrogens with zero attached hydrogens (tertiary/aromatic N) is 5. The average Bonchev–Trinajstić information content (AvgIpc) is 3.34. The highest BCUT2D eigenvalue weighted by Gasteiger charge is 2.25. The van der Waals surface area contributed by atoms with Gasteiger partial charge < -0.3 is 14.4 Å². The van der Waals surface area contributed by atoms with Gasteiger partial charge in [0.2, 0.25) is 0 Å². The van der Waals surface area contributed by atoms with Gasteiger partial charge in [-0.05, 0) is 39.2 Å². The van der Waals surface area contributed by atoms with Gasteiger partial charge in [0.15, 0.2) is 10.8 Å². The molecule has 0 N–H and O–H groups in total. The standard InChI is InChI=1S/C19H25N5O3S.ClH/c1-6-23-10-9-13(21-23)18(25)24(12-11-22(2)3)19-20-16-14(26-4)7-8-15(27-5)17(16)28-19;/h7-10H,6,11-12H2,1-5H3;1H. The van der Waals surface area contributed by atoms with E-state index in [0.717, 1.165) is 4.70 Å². The van der Waals surface area contributed by atoms with E-state index in [0.29, 0.717) is 47.5 Å². The highest BCUT2D eigenvalue weighted by atomic mass is 35.5. The van der Waals surface area contributed by atoms with Crippen LogP contribution < -0.4 is 14.4 Å². The molecular weight excluding hydrogens is 414 g/mol. The summed E-state index contributed by atoms with van der Waals surface area (Å²) in [5.74, 6) is 1.18. The predicted molar refractivity (Wildman–Crippen MR) is 118 cm³/mol. The van der Waals surface area contributed by atoms with E-state index < -0.39 is 0 Å². The molecule has 0 bridgehead atoms. The summed E-state index contributed by atoms with van der Waals surface area (Å²) in [7, 11) is 7.16. The summed E-state index contributed by atoms with van der Waals surface area (Å²) in [5.41, 5.74) is 1.09. The van der Waals surface area contributed by atoms with Gasteiger partial charge in [0.05, 0.1) is 14.2 Å². The number of benzene rings is 1. The molecule has 8 nitrogen and oxygen atoms in total. The summed E-state index contributed by atoms with van der Waals surface area (Å²) in [6, 6.07) is 5.40. The minimum absolute atomic E-state index is 0. The molecule has 158 valence electrons. The van der Waals surface area contributed by atoms with E-state index in [1.165, 1.54) is 11.3 Å². The van der Waals surface area contributed by atoms with Crippen molar-refractivity contribution in [3.63, 3.8) is 0 Å². The Labute approximate surface area is 180 Å². The fraction of sp³-hybridized carbons (Fsp3) is 0.421. The molecule has 0 spiro atoms. The zero-order valence-corrected chi connectivity index (χ0v) is 18.8. The number of fused-ring (bicyclic) bond motifs is 1.